The zero-order valence-electron chi connectivity index (χ0n) is 18.1. The molecule has 0 atom stereocenters. The highest BCUT2D eigenvalue weighted by atomic mass is 32.1. The fourth-order valence-corrected chi connectivity index (χ4v) is 4.10. The van der Waals surface area contributed by atoms with E-state index in [4.69, 9.17) is 4.74 Å². The molecule has 8 nitrogen and oxygen atoms in total. The van der Waals surface area contributed by atoms with Crippen LogP contribution in [0.5, 0.6) is 10.8 Å². The van der Waals surface area contributed by atoms with Crippen LogP contribution in [0.3, 0.4) is 0 Å². The number of aliphatic hydroxyl groups excluding tert-OH is 1. The van der Waals surface area contributed by atoms with Crippen LogP contribution in [0, 0.1) is 5.82 Å². The van der Waals surface area contributed by atoms with Gasteiger partial charge < -0.3 is 9.84 Å². The van der Waals surface area contributed by atoms with Gasteiger partial charge in [-0.15, -0.1) is 0 Å². The van der Waals surface area contributed by atoms with Gasteiger partial charge in [-0.05, 0) is 31.3 Å². The molecule has 0 saturated carbocycles. The number of hydrogen-bond acceptors (Lipinski definition) is 8. The quantitative estimate of drug-likeness (QED) is 0.336. The first-order chi connectivity index (χ1) is 16.6. The number of halogens is 4. The molecule has 0 aliphatic heterocycles. The van der Waals surface area contributed by atoms with E-state index in [9.17, 15) is 27.5 Å². The second-order valence-electron chi connectivity index (χ2n) is 7.48. The Morgan fingerprint density at radius 1 is 1.20 bits per heavy atom. The van der Waals surface area contributed by atoms with E-state index in [-0.39, 0.29) is 30.3 Å². The lowest BCUT2D eigenvalue weighted by atomic mass is 10.1. The van der Waals surface area contributed by atoms with Crippen LogP contribution in [-0.2, 0) is 12.7 Å². The van der Waals surface area contributed by atoms with Crippen LogP contribution in [0.4, 0.5) is 17.6 Å². The minimum Gasteiger partial charge on any atom is -0.444 e. The number of ether oxygens (including phenoxy) is 1. The third-order valence-electron chi connectivity index (χ3n) is 4.87. The maximum Gasteiger partial charge on any atom is 0.439 e. The standard InChI is InChI=1S/C22H18F4N4O4S/c1-30(8-9-31)11-17-20(35-19(27-17)12-2-4-13(5-3-12)22(24,25)26)33-14-6-7-15(16(23)10-14)18-28-21(32)34-29-18/h2-7,10,31H,8-9,11H2,1H3,(H,28,29,32). The van der Waals surface area contributed by atoms with Crippen molar-refractivity contribution in [1.29, 1.82) is 0 Å². The minimum absolute atomic E-state index is 0.000788. The monoisotopic (exact) mass is 510 g/mol. The third kappa shape index (κ3) is 5.75. The Kier molecular flexibility index (Phi) is 7.00. The summed E-state index contributed by atoms with van der Waals surface area (Å²) in [6.07, 6.45) is -4.46. The molecular weight excluding hydrogens is 492 g/mol. The van der Waals surface area contributed by atoms with Crippen molar-refractivity contribution in [1.82, 2.24) is 20.0 Å². The number of H-pyrrole nitrogens is 1. The first-order valence-corrected chi connectivity index (χ1v) is 11.0. The molecule has 0 unspecified atom stereocenters. The van der Waals surface area contributed by atoms with Crippen molar-refractivity contribution in [3.63, 3.8) is 0 Å². The van der Waals surface area contributed by atoms with Crippen LogP contribution in [0.25, 0.3) is 22.0 Å². The lowest BCUT2D eigenvalue weighted by Gasteiger charge is -2.14. The third-order valence-corrected chi connectivity index (χ3v) is 5.89. The van der Waals surface area contributed by atoms with E-state index in [1.807, 2.05) is 0 Å². The minimum atomic E-state index is -4.46. The van der Waals surface area contributed by atoms with Crippen LogP contribution in [0.15, 0.2) is 51.8 Å². The molecule has 4 aromatic rings. The highest BCUT2D eigenvalue weighted by molar-refractivity contribution is 7.17. The van der Waals surface area contributed by atoms with Crippen LogP contribution in [0.1, 0.15) is 11.3 Å². The van der Waals surface area contributed by atoms with Crippen molar-refractivity contribution in [3.8, 4) is 32.8 Å². The van der Waals surface area contributed by atoms with Gasteiger partial charge in [-0.3, -0.25) is 14.4 Å². The Morgan fingerprint density at radius 3 is 2.54 bits per heavy atom. The summed E-state index contributed by atoms with van der Waals surface area (Å²) in [6, 6.07) is 8.49. The molecule has 2 N–H and O–H groups in total. The zero-order valence-corrected chi connectivity index (χ0v) is 18.9. The molecular formula is C22H18F4N4O4S. The number of benzene rings is 2. The lowest BCUT2D eigenvalue weighted by Crippen LogP contribution is -2.21. The number of hydrogen-bond donors (Lipinski definition) is 2. The second-order valence-corrected chi connectivity index (χ2v) is 8.44. The summed E-state index contributed by atoms with van der Waals surface area (Å²) in [5.41, 5.74) is 0.147. The Balaban J connectivity index is 1.64. The van der Waals surface area contributed by atoms with E-state index in [2.05, 4.69) is 19.6 Å². The zero-order chi connectivity index (χ0) is 25.2. The maximum atomic E-state index is 14.6. The maximum absolute atomic E-state index is 14.6. The van der Waals surface area contributed by atoms with E-state index < -0.39 is 23.3 Å². The number of rotatable bonds is 8. The number of alkyl halides is 3. The molecule has 2 aromatic carbocycles. The summed E-state index contributed by atoms with van der Waals surface area (Å²) in [7, 11) is 1.75. The summed E-state index contributed by atoms with van der Waals surface area (Å²) in [5.74, 6) is -1.49. The highest BCUT2D eigenvalue weighted by Crippen LogP contribution is 2.39. The van der Waals surface area contributed by atoms with E-state index in [0.29, 0.717) is 27.9 Å². The number of aromatic amines is 1. The first-order valence-electron chi connectivity index (χ1n) is 10.1. The van der Waals surface area contributed by atoms with Crippen molar-refractivity contribution in [2.24, 2.45) is 0 Å². The Bertz CT molecular complexity index is 1370. The topological polar surface area (TPSA) is 104 Å². The molecule has 0 fully saturated rings. The van der Waals surface area contributed by atoms with Gasteiger partial charge in [-0.2, -0.15) is 13.2 Å². The van der Waals surface area contributed by atoms with E-state index in [1.165, 1.54) is 24.3 Å². The fraction of sp³-hybridized carbons (Fsp3) is 0.227. The Hall–Kier alpha value is -3.55. The van der Waals surface area contributed by atoms with Crippen LogP contribution < -0.4 is 10.5 Å². The molecule has 13 heteroatoms. The van der Waals surface area contributed by atoms with E-state index in [0.717, 1.165) is 29.5 Å². The molecule has 0 spiro atoms. The van der Waals surface area contributed by atoms with Gasteiger partial charge in [-0.25, -0.2) is 14.2 Å². The molecule has 4 rings (SSSR count). The number of likely N-dealkylation sites (N-methyl/N-ethyl adjacent to an activating group) is 1. The van der Waals surface area contributed by atoms with Crippen molar-refractivity contribution in [3.05, 3.63) is 70.1 Å². The summed E-state index contributed by atoms with van der Waals surface area (Å²) in [6.45, 7) is 0.541. The molecule has 0 bridgehead atoms. The molecule has 0 aliphatic rings. The van der Waals surface area contributed by atoms with Crippen molar-refractivity contribution >= 4 is 11.3 Å². The Labute approximate surface area is 199 Å². The Morgan fingerprint density at radius 2 is 1.94 bits per heavy atom. The number of nitrogens with one attached hydrogen (secondary N) is 1. The molecule has 0 amide bonds. The van der Waals surface area contributed by atoms with Gasteiger partial charge in [0, 0.05) is 24.7 Å². The summed E-state index contributed by atoms with van der Waals surface area (Å²) in [5, 5.41) is 13.4. The largest absolute Gasteiger partial charge is 0.444 e. The van der Waals surface area contributed by atoms with E-state index >= 15 is 0 Å². The number of aromatic nitrogens is 3. The van der Waals surface area contributed by atoms with Crippen molar-refractivity contribution in [2.45, 2.75) is 12.7 Å². The summed E-state index contributed by atoms with van der Waals surface area (Å²) in [4.78, 5) is 19.7. The highest BCUT2D eigenvalue weighted by Gasteiger charge is 2.30. The summed E-state index contributed by atoms with van der Waals surface area (Å²) >= 11 is 1.09. The van der Waals surface area contributed by atoms with Gasteiger partial charge in [0.15, 0.2) is 5.82 Å². The average molecular weight is 510 g/mol. The van der Waals surface area contributed by atoms with Gasteiger partial charge >= 0.3 is 11.9 Å². The van der Waals surface area contributed by atoms with Crippen LogP contribution in [0.2, 0.25) is 0 Å². The van der Waals surface area contributed by atoms with Crippen molar-refractivity contribution < 1.29 is 31.9 Å². The van der Waals surface area contributed by atoms with Crippen LogP contribution >= 0.6 is 11.3 Å². The molecule has 0 aliphatic carbocycles. The van der Waals surface area contributed by atoms with Gasteiger partial charge in [0.25, 0.3) is 0 Å². The SMILES string of the molecule is CN(CCO)Cc1nc(-c2ccc(C(F)(F)F)cc2)sc1Oc1ccc(-c2noc(=O)[nH]2)c(F)c1. The number of aliphatic hydroxyl groups is 1. The molecule has 0 saturated heterocycles. The first kappa shape index (κ1) is 24.6. The predicted molar refractivity (Wildman–Crippen MR) is 119 cm³/mol. The summed E-state index contributed by atoms with van der Waals surface area (Å²) < 4.78 is 63.6. The van der Waals surface area contributed by atoms with Crippen LogP contribution in [-0.4, -0.2) is 45.3 Å². The average Bonchev–Trinajstić information content (AvgIpc) is 3.40. The number of nitrogens with zero attached hydrogens (tertiary/aromatic N) is 3. The molecule has 2 aromatic heterocycles. The molecule has 0 radical (unpaired) electrons. The van der Waals surface area contributed by atoms with Gasteiger partial charge in [0.1, 0.15) is 22.3 Å². The molecule has 2 heterocycles. The van der Waals surface area contributed by atoms with Gasteiger partial charge in [0.05, 0.1) is 17.7 Å². The molecule has 35 heavy (non-hydrogen) atoms. The number of thiazole rings is 1. The van der Waals surface area contributed by atoms with Gasteiger partial charge in [0.2, 0.25) is 5.06 Å². The normalized spacial score (nSPS) is 11.9. The van der Waals surface area contributed by atoms with Gasteiger partial charge in [-0.1, -0.05) is 28.6 Å². The van der Waals surface area contributed by atoms with Crippen molar-refractivity contribution in [2.75, 3.05) is 20.2 Å². The fourth-order valence-electron chi connectivity index (χ4n) is 3.15. The smallest absolute Gasteiger partial charge is 0.439 e. The van der Waals surface area contributed by atoms with E-state index in [1.54, 1.807) is 11.9 Å². The molecule has 184 valence electrons. The predicted octanol–water partition coefficient (Wildman–Crippen LogP) is 4.53. The lowest BCUT2D eigenvalue weighted by molar-refractivity contribution is -0.137. The second kappa shape index (κ2) is 9.98.